The maximum absolute atomic E-state index is 9.04. The van der Waals surface area contributed by atoms with Gasteiger partial charge in [0.2, 0.25) is 0 Å². The number of hydrogen-bond acceptors (Lipinski definition) is 4. The first-order chi connectivity index (χ1) is 7.78. The summed E-state index contributed by atoms with van der Waals surface area (Å²) in [6.45, 7) is 0.536. The lowest BCUT2D eigenvalue weighted by Gasteiger charge is -2.16. The van der Waals surface area contributed by atoms with Gasteiger partial charge in [0.05, 0.1) is 20.8 Å². The molecule has 0 saturated carbocycles. The van der Waals surface area contributed by atoms with E-state index in [0.29, 0.717) is 13.0 Å². The van der Waals surface area contributed by atoms with E-state index in [1.807, 2.05) is 12.1 Å². The van der Waals surface area contributed by atoms with Crippen LogP contribution in [0.1, 0.15) is 11.1 Å². The molecule has 0 fully saturated rings. The van der Waals surface area contributed by atoms with Crippen molar-refractivity contribution in [2.45, 2.75) is 13.0 Å². The van der Waals surface area contributed by atoms with Crippen molar-refractivity contribution in [2.24, 2.45) is 0 Å². The molecule has 0 aliphatic carbocycles. The highest BCUT2D eigenvalue weighted by molar-refractivity contribution is 5.50. The summed E-state index contributed by atoms with van der Waals surface area (Å²) in [5, 5.41) is 9.04. The Hall–Kier alpha value is -1.26. The molecule has 0 heterocycles. The average molecular weight is 226 g/mol. The summed E-state index contributed by atoms with van der Waals surface area (Å²) in [4.78, 5) is 0. The van der Waals surface area contributed by atoms with Crippen LogP contribution in [-0.2, 0) is 17.8 Å². The van der Waals surface area contributed by atoms with Gasteiger partial charge in [0, 0.05) is 31.3 Å². The largest absolute Gasteiger partial charge is 0.496 e. The van der Waals surface area contributed by atoms with Gasteiger partial charge in [0.1, 0.15) is 11.5 Å². The summed E-state index contributed by atoms with van der Waals surface area (Å²) >= 11 is 0. The van der Waals surface area contributed by atoms with E-state index in [9.17, 15) is 0 Å². The molecule has 0 bridgehead atoms. The predicted octanol–water partition coefficient (Wildman–Crippen LogP) is 1.39. The van der Waals surface area contributed by atoms with Crippen molar-refractivity contribution in [2.75, 3.05) is 27.9 Å². The second-order valence-corrected chi connectivity index (χ2v) is 3.35. The van der Waals surface area contributed by atoms with Gasteiger partial charge in [-0.3, -0.25) is 0 Å². The van der Waals surface area contributed by atoms with E-state index in [4.69, 9.17) is 19.3 Å². The Kier molecular flexibility index (Phi) is 5.08. The average Bonchev–Trinajstić information content (AvgIpc) is 2.30. The Morgan fingerprint density at radius 2 is 1.88 bits per heavy atom. The minimum Gasteiger partial charge on any atom is -0.496 e. The van der Waals surface area contributed by atoms with Gasteiger partial charge in [0.25, 0.3) is 0 Å². The standard InChI is InChI=1S/C12H18O4/c1-14-8-9-4-5-11(15-2)10(6-7-13)12(9)16-3/h4-5,13H,6-8H2,1-3H3. The molecule has 0 aromatic heterocycles. The summed E-state index contributed by atoms with van der Waals surface area (Å²) in [6.07, 6.45) is 0.504. The van der Waals surface area contributed by atoms with Gasteiger partial charge in [-0.1, -0.05) is 0 Å². The van der Waals surface area contributed by atoms with Crippen LogP contribution in [0.2, 0.25) is 0 Å². The summed E-state index contributed by atoms with van der Waals surface area (Å²) < 4.78 is 15.7. The number of rotatable bonds is 6. The van der Waals surface area contributed by atoms with Crippen LogP contribution >= 0.6 is 0 Å². The Morgan fingerprint density at radius 3 is 2.38 bits per heavy atom. The van der Waals surface area contributed by atoms with Gasteiger partial charge in [-0.05, 0) is 12.1 Å². The number of hydrogen-bond donors (Lipinski definition) is 1. The molecule has 4 heteroatoms. The van der Waals surface area contributed by atoms with E-state index in [1.54, 1.807) is 21.3 Å². The van der Waals surface area contributed by atoms with Crippen LogP contribution in [0.3, 0.4) is 0 Å². The molecule has 1 rings (SSSR count). The van der Waals surface area contributed by atoms with Crippen molar-refractivity contribution in [3.05, 3.63) is 23.3 Å². The van der Waals surface area contributed by atoms with Crippen molar-refractivity contribution in [1.82, 2.24) is 0 Å². The van der Waals surface area contributed by atoms with E-state index in [-0.39, 0.29) is 6.61 Å². The number of ether oxygens (including phenoxy) is 3. The first-order valence-corrected chi connectivity index (χ1v) is 5.11. The van der Waals surface area contributed by atoms with Crippen LogP contribution < -0.4 is 9.47 Å². The van der Waals surface area contributed by atoms with Crippen LogP contribution in [0.15, 0.2) is 12.1 Å². The maximum atomic E-state index is 9.04. The summed E-state index contributed by atoms with van der Waals surface area (Å²) in [7, 11) is 4.84. The molecule has 0 spiro atoms. The number of benzene rings is 1. The Bertz CT molecular complexity index is 336. The minimum atomic E-state index is 0.0587. The second-order valence-electron chi connectivity index (χ2n) is 3.35. The second kappa shape index (κ2) is 6.35. The molecule has 0 atom stereocenters. The lowest BCUT2D eigenvalue weighted by molar-refractivity contribution is 0.181. The molecule has 1 aromatic rings. The van der Waals surface area contributed by atoms with Gasteiger partial charge in [-0.2, -0.15) is 0 Å². The minimum absolute atomic E-state index is 0.0587. The fourth-order valence-corrected chi connectivity index (χ4v) is 1.72. The SMILES string of the molecule is COCc1ccc(OC)c(CCO)c1OC. The van der Waals surface area contributed by atoms with Crippen LogP contribution in [0.4, 0.5) is 0 Å². The Morgan fingerprint density at radius 1 is 1.12 bits per heavy atom. The van der Waals surface area contributed by atoms with Crippen molar-refractivity contribution in [3.63, 3.8) is 0 Å². The monoisotopic (exact) mass is 226 g/mol. The topological polar surface area (TPSA) is 47.9 Å². The molecule has 0 aliphatic rings. The summed E-state index contributed by atoms with van der Waals surface area (Å²) in [6, 6.07) is 3.77. The van der Waals surface area contributed by atoms with E-state index in [1.165, 1.54) is 0 Å². The molecule has 16 heavy (non-hydrogen) atoms. The van der Waals surface area contributed by atoms with Gasteiger partial charge in [0.15, 0.2) is 0 Å². The molecule has 0 amide bonds. The van der Waals surface area contributed by atoms with Gasteiger partial charge < -0.3 is 19.3 Å². The maximum Gasteiger partial charge on any atom is 0.131 e. The third-order valence-electron chi connectivity index (χ3n) is 2.38. The molecule has 0 saturated heterocycles. The van der Waals surface area contributed by atoms with Crippen molar-refractivity contribution in [1.29, 1.82) is 0 Å². The zero-order chi connectivity index (χ0) is 12.0. The first kappa shape index (κ1) is 12.8. The van der Waals surface area contributed by atoms with Crippen LogP contribution in [-0.4, -0.2) is 33.0 Å². The van der Waals surface area contributed by atoms with Crippen LogP contribution in [0, 0.1) is 0 Å². The highest BCUT2D eigenvalue weighted by Crippen LogP contribution is 2.32. The molecule has 0 aliphatic heterocycles. The highest BCUT2D eigenvalue weighted by Gasteiger charge is 2.14. The summed E-state index contributed by atoms with van der Waals surface area (Å²) in [5.74, 6) is 1.46. The summed E-state index contributed by atoms with van der Waals surface area (Å²) in [5.41, 5.74) is 1.83. The lowest BCUT2D eigenvalue weighted by Crippen LogP contribution is -2.03. The fraction of sp³-hybridized carbons (Fsp3) is 0.500. The number of aliphatic hydroxyl groups is 1. The van der Waals surface area contributed by atoms with Crippen LogP contribution in [0.25, 0.3) is 0 Å². The number of methoxy groups -OCH3 is 3. The Balaban J connectivity index is 3.19. The third kappa shape index (κ3) is 2.65. The van der Waals surface area contributed by atoms with E-state index >= 15 is 0 Å². The van der Waals surface area contributed by atoms with Crippen molar-refractivity contribution >= 4 is 0 Å². The zero-order valence-electron chi connectivity index (χ0n) is 9.95. The predicted molar refractivity (Wildman–Crippen MR) is 61.0 cm³/mol. The first-order valence-electron chi connectivity index (χ1n) is 5.11. The number of aliphatic hydroxyl groups excluding tert-OH is 1. The van der Waals surface area contributed by atoms with Crippen molar-refractivity contribution < 1.29 is 19.3 Å². The lowest BCUT2D eigenvalue weighted by atomic mass is 10.1. The van der Waals surface area contributed by atoms with E-state index in [0.717, 1.165) is 22.6 Å². The molecular formula is C12H18O4. The Labute approximate surface area is 95.8 Å². The molecule has 0 radical (unpaired) electrons. The molecule has 1 aromatic carbocycles. The van der Waals surface area contributed by atoms with Crippen LogP contribution in [0.5, 0.6) is 11.5 Å². The normalized spacial score (nSPS) is 10.2. The van der Waals surface area contributed by atoms with Crippen molar-refractivity contribution in [3.8, 4) is 11.5 Å². The molecule has 90 valence electrons. The highest BCUT2D eigenvalue weighted by atomic mass is 16.5. The molecular weight excluding hydrogens is 208 g/mol. The zero-order valence-corrected chi connectivity index (χ0v) is 9.95. The van der Waals surface area contributed by atoms with E-state index in [2.05, 4.69) is 0 Å². The van der Waals surface area contributed by atoms with Gasteiger partial charge in [-0.25, -0.2) is 0 Å². The molecule has 1 N–H and O–H groups in total. The van der Waals surface area contributed by atoms with Gasteiger partial charge >= 0.3 is 0 Å². The molecule has 4 nitrogen and oxygen atoms in total. The fourth-order valence-electron chi connectivity index (χ4n) is 1.72. The van der Waals surface area contributed by atoms with Gasteiger partial charge in [-0.15, -0.1) is 0 Å². The molecule has 0 unspecified atom stereocenters. The van der Waals surface area contributed by atoms with E-state index < -0.39 is 0 Å². The third-order valence-corrected chi connectivity index (χ3v) is 2.38. The quantitative estimate of drug-likeness (QED) is 0.796. The smallest absolute Gasteiger partial charge is 0.131 e.